The van der Waals surface area contributed by atoms with Crippen LogP contribution in [-0.2, 0) is 14.3 Å². The van der Waals surface area contributed by atoms with Crippen LogP contribution < -0.4 is 0 Å². The molecule has 1 aliphatic rings. The molecule has 0 spiro atoms. The van der Waals surface area contributed by atoms with Gasteiger partial charge in [0.2, 0.25) is 0 Å². The zero-order valence-corrected chi connectivity index (χ0v) is 11.6. The minimum Gasteiger partial charge on any atom is -0.450 e. The molecule has 0 aromatic carbocycles. The van der Waals surface area contributed by atoms with Crippen molar-refractivity contribution in [1.82, 2.24) is 9.80 Å². The summed E-state index contributed by atoms with van der Waals surface area (Å²) < 4.78 is 10.1. The van der Waals surface area contributed by atoms with Crippen molar-refractivity contribution < 1.29 is 19.1 Å². The van der Waals surface area contributed by atoms with Gasteiger partial charge in [-0.15, -0.1) is 0 Å². The third-order valence-corrected chi connectivity index (χ3v) is 3.12. The van der Waals surface area contributed by atoms with E-state index in [1.54, 1.807) is 30.6 Å². The molecule has 6 nitrogen and oxygen atoms in total. The molecular formula is C12H22N2O4. The molecule has 2 amide bonds. The quantitative estimate of drug-likeness (QED) is 0.748. The lowest BCUT2D eigenvalue weighted by atomic mass is 10.1. The summed E-state index contributed by atoms with van der Waals surface area (Å²) in [5.74, 6) is -0.0477. The van der Waals surface area contributed by atoms with E-state index in [4.69, 9.17) is 9.47 Å². The number of rotatable bonds is 3. The van der Waals surface area contributed by atoms with Crippen molar-refractivity contribution in [3.05, 3.63) is 0 Å². The summed E-state index contributed by atoms with van der Waals surface area (Å²) in [5, 5.41) is 0. The summed E-state index contributed by atoms with van der Waals surface area (Å²) in [5.41, 5.74) is -0.813. The number of nitrogens with zero attached hydrogens (tertiary/aromatic N) is 2. The highest BCUT2D eigenvalue weighted by Crippen LogP contribution is 2.14. The molecule has 0 radical (unpaired) electrons. The average Bonchev–Trinajstić information content (AvgIpc) is 2.38. The maximum absolute atomic E-state index is 12.1. The fourth-order valence-corrected chi connectivity index (χ4v) is 1.77. The van der Waals surface area contributed by atoms with Gasteiger partial charge in [0.05, 0.1) is 6.61 Å². The van der Waals surface area contributed by atoms with Crippen LogP contribution in [0, 0.1) is 0 Å². The molecule has 18 heavy (non-hydrogen) atoms. The Balaban J connectivity index is 2.49. The van der Waals surface area contributed by atoms with Crippen LogP contribution in [0.3, 0.4) is 0 Å². The first-order chi connectivity index (χ1) is 8.42. The molecule has 0 bridgehead atoms. The molecular weight excluding hydrogens is 236 g/mol. The molecule has 1 saturated heterocycles. The maximum atomic E-state index is 12.1. The van der Waals surface area contributed by atoms with Gasteiger partial charge in [-0.3, -0.25) is 4.79 Å². The summed E-state index contributed by atoms with van der Waals surface area (Å²) in [6.07, 6.45) is -0.310. The molecule has 0 atom stereocenters. The van der Waals surface area contributed by atoms with Crippen molar-refractivity contribution in [3.8, 4) is 0 Å². The average molecular weight is 258 g/mol. The lowest BCUT2D eigenvalue weighted by Gasteiger charge is -2.37. The third kappa shape index (κ3) is 3.35. The number of amides is 2. The first kappa shape index (κ1) is 14.8. The predicted molar refractivity (Wildman–Crippen MR) is 66.3 cm³/mol. The Hall–Kier alpha value is -1.30. The minimum absolute atomic E-state index is 0.0477. The summed E-state index contributed by atoms with van der Waals surface area (Å²) >= 11 is 0. The van der Waals surface area contributed by atoms with Crippen molar-refractivity contribution in [2.75, 3.05) is 39.9 Å². The normalized spacial score (nSPS) is 16.7. The number of hydrogen-bond acceptors (Lipinski definition) is 4. The highest BCUT2D eigenvalue weighted by atomic mass is 16.6. The molecule has 0 N–H and O–H groups in total. The van der Waals surface area contributed by atoms with Crippen LogP contribution in [0.5, 0.6) is 0 Å². The van der Waals surface area contributed by atoms with Crippen molar-refractivity contribution in [2.24, 2.45) is 0 Å². The van der Waals surface area contributed by atoms with Gasteiger partial charge in [-0.2, -0.15) is 0 Å². The van der Waals surface area contributed by atoms with Crippen LogP contribution in [0.25, 0.3) is 0 Å². The lowest BCUT2D eigenvalue weighted by Crippen LogP contribution is -2.55. The minimum atomic E-state index is -0.813. The van der Waals surface area contributed by atoms with Crippen LogP contribution in [0.1, 0.15) is 20.8 Å². The number of piperazine rings is 1. The highest BCUT2D eigenvalue weighted by molar-refractivity contribution is 5.84. The van der Waals surface area contributed by atoms with Gasteiger partial charge in [0.1, 0.15) is 5.60 Å². The van der Waals surface area contributed by atoms with E-state index in [1.165, 1.54) is 7.11 Å². The molecule has 1 aliphatic heterocycles. The van der Waals surface area contributed by atoms with E-state index in [0.717, 1.165) is 0 Å². The van der Waals surface area contributed by atoms with Crippen molar-refractivity contribution in [2.45, 2.75) is 26.4 Å². The van der Waals surface area contributed by atoms with Gasteiger partial charge in [-0.1, -0.05) is 0 Å². The second-order valence-corrected chi connectivity index (χ2v) is 4.69. The molecule has 6 heteroatoms. The Morgan fingerprint density at radius 1 is 1.11 bits per heavy atom. The molecule has 0 unspecified atom stereocenters. The van der Waals surface area contributed by atoms with Gasteiger partial charge in [0, 0.05) is 33.3 Å². The third-order valence-electron chi connectivity index (χ3n) is 3.12. The van der Waals surface area contributed by atoms with E-state index in [1.807, 2.05) is 0 Å². The first-order valence-electron chi connectivity index (χ1n) is 6.18. The second kappa shape index (κ2) is 6.04. The zero-order chi connectivity index (χ0) is 13.8. The van der Waals surface area contributed by atoms with Crippen LogP contribution in [0.4, 0.5) is 4.79 Å². The Morgan fingerprint density at radius 2 is 1.61 bits per heavy atom. The second-order valence-electron chi connectivity index (χ2n) is 4.69. The van der Waals surface area contributed by atoms with Crippen molar-refractivity contribution in [1.29, 1.82) is 0 Å². The SMILES string of the molecule is CCOC(=O)N1CCN(C(=O)C(C)(C)OC)CC1. The monoisotopic (exact) mass is 258 g/mol. The Bertz CT molecular complexity index is 309. The predicted octanol–water partition coefficient (Wildman–Crippen LogP) is 0.712. The number of carbonyl (C=O) groups excluding carboxylic acids is 2. The van der Waals surface area contributed by atoms with Gasteiger partial charge in [0.25, 0.3) is 5.91 Å². The van der Waals surface area contributed by atoms with Gasteiger partial charge in [-0.05, 0) is 20.8 Å². The lowest BCUT2D eigenvalue weighted by molar-refractivity contribution is -0.152. The van der Waals surface area contributed by atoms with Crippen LogP contribution >= 0.6 is 0 Å². The number of ether oxygens (including phenoxy) is 2. The molecule has 1 fully saturated rings. The van der Waals surface area contributed by atoms with E-state index in [9.17, 15) is 9.59 Å². The fourth-order valence-electron chi connectivity index (χ4n) is 1.77. The molecule has 104 valence electrons. The maximum Gasteiger partial charge on any atom is 0.409 e. The van der Waals surface area contributed by atoms with E-state index in [-0.39, 0.29) is 12.0 Å². The highest BCUT2D eigenvalue weighted by Gasteiger charge is 2.34. The molecule has 1 rings (SSSR count). The summed E-state index contributed by atoms with van der Waals surface area (Å²) in [7, 11) is 1.52. The van der Waals surface area contributed by atoms with E-state index >= 15 is 0 Å². The number of methoxy groups -OCH3 is 1. The van der Waals surface area contributed by atoms with Gasteiger partial charge in [0.15, 0.2) is 0 Å². The molecule has 1 heterocycles. The standard InChI is InChI=1S/C12H22N2O4/c1-5-18-11(16)14-8-6-13(7-9-14)10(15)12(2,3)17-4/h5-9H2,1-4H3. The Morgan fingerprint density at radius 3 is 2.06 bits per heavy atom. The van der Waals surface area contributed by atoms with Crippen LogP contribution in [0.15, 0.2) is 0 Å². The van der Waals surface area contributed by atoms with Crippen LogP contribution in [0.2, 0.25) is 0 Å². The smallest absolute Gasteiger partial charge is 0.409 e. The molecule has 0 aliphatic carbocycles. The van der Waals surface area contributed by atoms with Crippen molar-refractivity contribution >= 4 is 12.0 Å². The van der Waals surface area contributed by atoms with Gasteiger partial charge >= 0.3 is 6.09 Å². The molecule has 0 saturated carbocycles. The number of hydrogen-bond donors (Lipinski definition) is 0. The van der Waals surface area contributed by atoms with Crippen LogP contribution in [-0.4, -0.2) is 67.3 Å². The van der Waals surface area contributed by atoms with Gasteiger partial charge < -0.3 is 19.3 Å². The number of carbonyl (C=O) groups is 2. The van der Waals surface area contributed by atoms with E-state index in [0.29, 0.717) is 32.8 Å². The fraction of sp³-hybridized carbons (Fsp3) is 0.833. The van der Waals surface area contributed by atoms with Crippen molar-refractivity contribution in [3.63, 3.8) is 0 Å². The zero-order valence-electron chi connectivity index (χ0n) is 11.6. The molecule has 0 aromatic heterocycles. The van der Waals surface area contributed by atoms with E-state index < -0.39 is 5.60 Å². The Labute approximate surface area is 108 Å². The summed E-state index contributed by atoms with van der Waals surface area (Å²) in [4.78, 5) is 27.0. The summed E-state index contributed by atoms with van der Waals surface area (Å²) in [6.45, 7) is 7.68. The summed E-state index contributed by atoms with van der Waals surface area (Å²) in [6, 6.07) is 0. The Kier molecular flexibility index (Phi) is 4.95. The largest absolute Gasteiger partial charge is 0.450 e. The van der Waals surface area contributed by atoms with Gasteiger partial charge in [-0.25, -0.2) is 4.79 Å². The molecule has 0 aromatic rings. The topological polar surface area (TPSA) is 59.1 Å². The first-order valence-corrected chi connectivity index (χ1v) is 6.18. The van der Waals surface area contributed by atoms with E-state index in [2.05, 4.69) is 0 Å².